The molecule has 0 amide bonds. The molecule has 0 aliphatic carbocycles. The molecule has 0 saturated heterocycles. The van der Waals surface area contributed by atoms with E-state index in [9.17, 15) is 0 Å². The number of nitrogens with zero attached hydrogens (tertiary/aromatic N) is 1. The van der Waals surface area contributed by atoms with Gasteiger partial charge in [0, 0.05) is 20.2 Å². The van der Waals surface area contributed by atoms with Crippen LogP contribution in [0.25, 0.3) is 11.5 Å². The molecule has 1 heterocycles. The summed E-state index contributed by atoms with van der Waals surface area (Å²) < 4.78 is 10.4. The van der Waals surface area contributed by atoms with Crippen molar-refractivity contribution in [3.05, 3.63) is 40.7 Å². The predicted octanol–water partition coefficient (Wildman–Crippen LogP) is 3.04. The van der Waals surface area contributed by atoms with Crippen molar-refractivity contribution in [1.82, 2.24) is 10.3 Å². The van der Waals surface area contributed by atoms with E-state index in [2.05, 4.69) is 10.3 Å². The molecule has 0 unspecified atom stereocenters. The first-order chi connectivity index (χ1) is 9.22. The number of aromatic nitrogens is 1. The van der Waals surface area contributed by atoms with E-state index in [0.717, 1.165) is 23.4 Å². The predicted molar refractivity (Wildman–Crippen MR) is 75.3 cm³/mol. The summed E-state index contributed by atoms with van der Waals surface area (Å²) in [5, 5.41) is 3.90. The van der Waals surface area contributed by atoms with E-state index < -0.39 is 0 Å². The number of rotatable bonds is 6. The molecule has 1 N–H and O–H groups in total. The first kappa shape index (κ1) is 14.1. The molecule has 0 spiro atoms. The van der Waals surface area contributed by atoms with Gasteiger partial charge < -0.3 is 14.5 Å². The smallest absolute Gasteiger partial charge is 0.227 e. The summed E-state index contributed by atoms with van der Waals surface area (Å²) in [6, 6.07) is 5.81. The van der Waals surface area contributed by atoms with Crippen LogP contribution < -0.4 is 5.32 Å². The fourth-order valence-electron chi connectivity index (χ4n) is 1.72. The molecular weight excluding hydrogens is 264 g/mol. The van der Waals surface area contributed by atoms with Gasteiger partial charge in [-0.3, -0.25) is 0 Å². The Morgan fingerprint density at radius 1 is 1.42 bits per heavy atom. The Kier molecular flexibility index (Phi) is 4.96. The van der Waals surface area contributed by atoms with Gasteiger partial charge in [-0.15, -0.1) is 0 Å². The normalized spacial score (nSPS) is 10.9. The zero-order chi connectivity index (χ0) is 13.7. The quantitative estimate of drug-likeness (QED) is 0.826. The van der Waals surface area contributed by atoms with E-state index in [4.69, 9.17) is 20.8 Å². The van der Waals surface area contributed by atoms with Crippen molar-refractivity contribution in [3.8, 4) is 11.5 Å². The van der Waals surface area contributed by atoms with Crippen LogP contribution >= 0.6 is 11.6 Å². The molecular formula is C14H17ClN2O2. The van der Waals surface area contributed by atoms with Crippen LogP contribution in [0.3, 0.4) is 0 Å². The SMILES string of the molecule is COCCNCc1coc(-c2cccc(C)c2Cl)n1. The number of oxazole rings is 1. The van der Waals surface area contributed by atoms with Crippen LogP contribution in [-0.4, -0.2) is 25.2 Å². The zero-order valence-corrected chi connectivity index (χ0v) is 11.8. The topological polar surface area (TPSA) is 47.3 Å². The molecule has 102 valence electrons. The Morgan fingerprint density at radius 3 is 3.05 bits per heavy atom. The van der Waals surface area contributed by atoms with Crippen LogP contribution in [0.1, 0.15) is 11.3 Å². The largest absolute Gasteiger partial charge is 0.444 e. The van der Waals surface area contributed by atoms with Crippen LogP contribution in [0.2, 0.25) is 5.02 Å². The molecule has 0 aliphatic rings. The van der Waals surface area contributed by atoms with E-state index in [1.54, 1.807) is 13.4 Å². The van der Waals surface area contributed by atoms with Crippen molar-refractivity contribution in [1.29, 1.82) is 0 Å². The lowest BCUT2D eigenvalue weighted by Gasteiger charge is -2.02. The summed E-state index contributed by atoms with van der Waals surface area (Å²) in [6.07, 6.45) is 1.65. The Bertz CT molecular complexity index is 540. The molecule has 2 aromatic rings. The molecule has 0 fully saturated rings. The first-order valence-corrected chi connectivity index (χ1v) is 6.49. The molecule has 19 heavy (non-hydrogen) atoms. The molecule has 0 aliphatic heterocycles. The summed E-state index contributed by atoms with van der Waals surface area (Å²) >= 11 is 6.25. The third-order valence-corrected chi connectivity index (χ3v) is 3.26. The lowest BCUT2D eigenvalue weighted by molar-refractivity contribution is 0.199. The number of aryl methyl sites for hydroxylation is 1. The summed E-state index contributed by atoms with van der Waals surface area (Å²) in [5.41, 5.74) is 2.69. The van der Waals surface area contributed by atoms with Crippen molar-refractivity contribution >= 4 is 11.6 Å². The van der Waals surface area contributed by atoms with Gasteiger partial charge in [-0.2, -0.15) is 0 Å². The molecule has 0 bridgehead atoms. The average molecular weight is 281 g/mol. The molecule has 2 rings (SSSR count). The van der Waals surface area contributed by atoms with Gasteiger partial charge in [0.1, 0.15) is 6.26 Å². The second kappa shape index (κ2) is 6.70. The summed E-state index contributed by atoms with van der Waals surface area (Å²) in [7, 11) is 1.68. The van der Waals surface area contributed by atoms with Crippen LogP contribution in [-0.2, 0) is 11.3 Å². The number of halogens is 1. The standard InChI is InChI=1S/C14H17ClN2O2/c1-10-4-3-5-12(13(10)15)14-17-11(9-19-14)8-16-6-7-18-2/h3-5,9,16H,6-8H2,1-2H3. The number of benzene rings is 1. The van der Waals surface area contributed by atoms with E-state index >= 15 is 0 Å². The number of hydrogen-bond acceptors (Lipinski definition) is 4. The van der Waals surface area contributed by atoms with Crippen molar-refractivity contribution in [2.24, 2.45) is 0 Å². The first-order valence-electron chi connectivity index (χ1n) is 6.12. The van der Waals surface area contributed by atoms with Crippen LogP contribution in [0.15, 0.2) is 28.9 Å². The lowest BCUT2D eigenvalue weighted by Crippen LogP contribution is -2.18. The van der Waals surface area contributed by atoms with Gasteiger partial charge >= 0.3 is 0 Å². The van der Waals surface area contributed by atoms with Gasteiger partial charge in [0.25, 0.3) is 0 Å². The minimum Gasteiger partial charge on any atom is -0.444 e. The monoisotopic (exact) mass is 280 g/mol. The number of nitrogens with one attached hydrogen (secondary N) is 1. The molecule has 0 saturated carbocycles. The highest BCUT2D eigenvalue weighted by Gasteiger charge is 2.11. The van der Waals surface area contributed by atoms with Crippen LogP contribution in [0, 0.1) is 6.92 Å². The molecule has 1 aromatic heterocycles. The minimum atomic E-state index is 0.553. The fraction of sp³-hybridized carbons (Fsp3) is 0.357. The molecule has 4 nitrogen and oxygen atoms in total. The van der Waals surface area contributed by atoms with Gasteiger partial charge in [0.05, 0.1) is 22.9 Å². The molecule has 1 aromatic carbocycles. The van der Waals surface area contributed by atoms with Gasteiger partial charge in [-0.25, -0.2) is 4.98 Å². The Morgan fingerprint density at radius 2 is 2.26 bits per heavy atom. The lowest BCUT2D eigenvalue weighted by atomic mass is 10.1. The van der Waals surface area contributed by atoms with E-state index in [0.29, 0.717) is 24.1 Å². The van der Waals surface area contributed by atoms with E-state index in [1.807, 2.05) is 25.1 Å². The average Bonchev–Trinajstić information content (AvgIpc) is 2.87. The maximum Gasteiger partial charge on any atom is 0.227 e. The maximum absolute atomic E-state index is 6.25. The van der Waals surface area contributed by atoms with Gasteiger partial charge in [-0.05, 0) is 18.6 Å². The Hall–Kier alpha value is -1.36. The highest BCUT2D eigenvalue weighted by Crippen LogP contribution is 2.29. The van der Waals surface area contributed by atoms with Crippen molar-refractivity contribution in [2.75, 3.05) is 20.3 Å². The summed E-state index contributed by atoms with van der Waals surface area (Å²) in [5.74, 6) is 0.553. The number of ether oxygens (including phenoxy) is 1. The van der Waals surface area contributed by atoms with Crippen molar-refractivity contribution in [3.63, 3.8) is 0 Å². The van der Waals surface area contributed by atoms with Gasteiger partial charge in [0.15, 0.2) is 0 Å². The third kappa shape index (κ3) is 3.56. The maximum atomic E-state index is 6.25. The second-order valence-corrected chi connectivity index (χ2v) is 4.63. The molecule has 5 heteroatoms. The van der Waals surface area contributed by atoms with Crippen molar-refractivity contribution in [2.45, 2.75) is 13.5 Å². The number of hydrogen-bond donors (Lipinski definition) is 1. The van der Waals surface area contributed by atoms with Crippen LogP contribution in [0.5, 0.6) is 0 Å². The highest BCUT2D eigenvalue weighted by atomic mass is 35.5. The molecule has 0 atom stereocenters. The Balaban J connectivity index is 2.06. The summed E-state index contributed by atoms with van der Waals surface area (Å²) in [6.45, 7) is 4.07. The zero-order valence-electron chi connectivity index (χ0n) is 11.1. The fourth-order valence-corrected chi connectivity index (χ4v) is 1.92. The second-order valence-electron chi connectivity index (χ2n) is 4.25. The minimum absolute atomic E-state index is 0.553. The Labute approximate surface area is 117 Å². The van der Waals surface area contributed by atoms with Crippen molar-refractivity contribution < 1.29 is 9.15 Å². The molecule has 0 radical (unpaired) electrons. The number of methoxy groups -OCH3 is 1. The van der Waals surface area contributed by atoms with Crippen LogP contribution in [0.4, 0.5) is 0 Å². The van der Waals surface area contributed by atoms with E-state index in [-0.39, 0.29) is 0 Å². The summed E-state index contributed by atoms with van der Waals surface area (Å²) in [4.78, 5) is 4.43. The van der Waals surface area contributed by atoms with Gasteiger partial charge in [0.2, 0.25) is 5.89 Å². The van der Waals surface area contributed by atoms with E-state index in [1.165, 1.54) is 0 Å². The third-order valence-electron chi connectivity index (χ3n) is 2.76. The highest BCUT2D eigenvalue weighted by molar-refractivity contribution is 6.33. The van der Waals surface area contributed by atoms with Gasteiger partial charge in [-0.1, -0.05) is 23.7 Å².